The number of hydrogen-bond acceptors (Lipinski definition) is 2. The molecule has 0 N–H and O–H groups in total. The fraction of sp³-hybridized carbons (Fsp3) is 0.417. The Morgan fingerprint density at radius 2 is 1.86 bits per heavy atom. The van der Waals surface area contributed by atoms with Gasteiger partial charge < -0.3 is 0 Å². The van der Waals surface area contributed by atoms with Gasteiger partial charge in [-0.2, -0.15) is 5.26 Å². The van der Waals surface area contributed by atoms with Crippen molar-refractivity contribution in [2.24, 2.45) is 0 Å². The Morgan fingerprint density at radius 1 is 1.21 bits per heavy atom. The van der Waals surface area contributed by atoms with E-state index in [1.807, 2.05) is 12.1 Å². The monoisotopic (exact) mass is 186 g/mol. The molecular weight excluding hydrogens is 172 g/mol. The van der Waals surface area contributed by atoms with Crippen LogP contribution in [0.1, 0.15) is 42.6 Å². The van der Waals surface area contributed by atoms with Crippen LogP contribution in [0.3, 0.4) is 0 Å². The van der Waals surface area contributed by atoms with Crippen LogP contribution in [0.5, 0.6) is 0 Å². The van der Waals surface area contributed by atoms with Gasteiger partial charge in [-0.25, -0.2) is 0 Å². The second-order valence-electron chi connectivity index (χ2n) is 3.97. The first-order chi connectivity index (χ1) is 6.65. The summed E-state index contributed by atoms with van der Waals surface area (Å²) in [6.07, 6.45) is 0. The number of fused-ring (bicyclic) bond motifs is 1. The van der Waals surface area contributed by atoms with Crippen molar-refractivity contribution in [2.75, 3.05) is 7.05 Å². The maximum Gasteiger partial charge on any atom is 0.0991 e. The molecule has 1 aromatic rings. The lowest BCUT2D eigenvalue weighted by molar-refractivity contribution is 0.233. The van der Waals surface area contributed by atoms with E-state index in [2.05, 4.69) is 37.9 Å². The van der Waals surface area contributed by atoms with Crippen molar-refractivity contribution in [3.05, 3.63) is 34.9 Å². The molecule has 2 nitrogen and oxygen atoms in total. The molecule has 2 rings (SSSR count). The lowest BCUT2D eigenvalue weighted by Crippen LogP contribution is -2.16. The standard InChI is InChI=1S/C12H14N2/c1-8-11-5-4-10(7-13)6-12(11)9(2)14(8)3/h4-6,8-9H,1-3H3. The number of nitrogens with zero attached hydrogens (tertiary/aromatic N) is 2. The Bertz CT molecular complexity index is 403. The Balaban J connectivity index is 2.54. The SMILES string of the molecule is CC1c2ccc(C#N)cc2C(C)N1C. The second kappa shape index (κ2) is 3.11. The first kappa shape index (κ1) is 9.23. The Morgan fingerprint density at radius 3 is 2.50 bits per heavy atom. The van der Waals surface area contributed by atoms with Gasteiger partial charge in [-0.1, -0.05) is 6.07 Å². The van der Waals surface area contributed by atoms with Gasteiger partial charge in [0.1, 0.15) is 0 Å². The molecular formula is C12H14N2. The number of nitriles is 1. The molecule has 0 fully saturated rings. The van der Waals surface area contributed by atoms with E-state index in [-0.39, 0.29) is 0 Å². The minimum atomic E-state index is 0.424. The molecule has 0 bridgehead atoms. The predicted molar refractivity (Wildman–Crippen MR) is 55.8 cm³/mol. The first-order valence-electron chi connectivity index (χ1n) is 4.91. The molecule has 72 valence electrons. The molecule has 0 amide bonds. The minimum absolute atomic E-state index is 0.424. The molecule has 1 aliphatic heterocycles. The summed E-state index contributed by atoms with van der Waals surface area (Å²) in [7, 11) is 2.13. The number of rotatable bonds is 0. The first-order valence-corrected chi connectivity index (χ1v) is 4.91. The molecule has 0 saturated heterocycles. The average Bonchev–Trinajstić information content (AvgIpc) is 2.44. The zero-order valence-electron chi connectivity index (χ0n) is 8.78. The molecule has 2 atom stereocenters. The molecule has 1 aliphatic rings. The molecule has 1 heterocycles. The Kier molecular flexibility index (Phi) is 2.05. The highest BCUT2D eigenvalue weighted by Crippen LogP contribution is 2.40. The lowest BCUT2D eigenvalue weighted by Gasteiger charge is -2.19. The van der Waals surface area contributed by atoms with E-state index < -0.39 is 0 Å². The predicted octanol–water partition coefficient (Wildman–Crippen LogP) is 2.63. The summed E-state index contributed by atoms with van der Waals surface area (Å²) in [5.41, 5.74) is 3.43. The van der Waals surface area contributed by atoms with E-state index in [9.17, 15) is 0 Å². The molecule has 2 unspecified atom stereocenters. The zero-order valence-corrected chi connectivity index (χ0v) is 8.78. The van der Waals surface area contributed by atoms with Crippen molar-refractivity contribution < 1.29 is 0 Å². The Hall–Kier alpha value is -1.33. The molecule has 0 aromatic heterocycles. The van der Waals surface area contributed by atoms with Crippen LogP contribution in [0.15, 0.2) is 18.2 Å². The quantitative estimate of drug-likeness (QED) is 0.622. The second-order valence-corrected chi connectivity index (χ2v) is 3.97. The van der Waals surface area contributed by atoms with Crippen LogP contribution in [0, 0.1) is 11.3 Å². The average molecular weight is 186 g/mol. The van der Waals surface area contributed by atoms with Crippen LogP contribution in [-0.4, -0.2) is 11.9 Å². The van der Waals surface area contributed by atoms with Gasteiger partial charge in [-0.15, -0.1) is 0 Å². The van der Waals surface area contributed by atoms with Gasteiger partial charge >= 0.3 is 0 Å². The highest BCUT2D eigenvalue weighted by atomic mass is 15.2. The number of hydrogen-bond donors (Lipinski definition) is 0. The summed E-state index contributed by atoms with van der Waals surface area (Å²) in [5.74, 6) is 0. The highest BCUT2D eigenvalue weighted by Gasteiger charge is 2.29. The van der Waals surface area contributed by atoms with E-state index in [0.717, 1.165) is 5.56 Å². The molecule has 0 spiro atoms. The summed E-state index contributed by atoms with van der Waals surface area (Å²) in [6, 6.07) is 9.08. The molecule has 14 heavy (non-hydrogen) atoms. The third kappa shape index (κ3) is 1.13. The maximum absolute atomic E-state index is 8.82. The molecule has 0 radical (unpaired) electrons. The van der Waals surface area contributed by atoms with Gasteiger partial charge in [-0.3, -0.25) is 4.90 Å². The largest absolute Gasteiger partial charge is 0.293 e. The lowest BCUT2D eigenvalue weighted by atomic mass is 10.0. The van der Waals surface area contributed by atoms with Crippen molar-refractivity contribution >= 4 is 0 Å². The fourth-order valence-corrected chi connectivity index (χ4v) is 2.16. The van der Waals surface area contributed by atoms with Gasteiger partial charge in [-0.05, 0) is 44.2 Å². The van der Waals surface area contributed by atoms with Gasteiger partial charge in [0.15, 0.2) is 0 Å². The van der Waals surface area contributed by atoms with E-state index in [0.29, 0.717) is 12.1 Å². The van der Waals surface area contributed by atoms with E-state index >= 15 is 0 Å². The third-order valence-corrected chi connectivity index (χ3v) is 3.34. The van der Waals surface area contributed by atoms with Gasteiger partial charge in [0.25, 0.3) is 0 Å². The normalized spacial score (nSPS) is 25.9. The van der Waals surface area contributed by atoms with Gasteiger partial charge in [0.05, 0.1) is 11.6 Å². The van der Waals surface area contributed by atoms with Crippen LogP contribution >= 0.6 is 0 Å². The fourth-order valence-electron chi connectivity index (χ4n) is 2.16. The van der Waals surface area contributed by atoms with Crippen LogP contribution in [0.4, 0.5) is 0 Å². The summed E-state index contributed by atoms with van der Waals surface area (Å²) < 4.78 is 0. The van der Waals surface area contributed by atoms with Crippen molar-refractivity contribution in [1.82, 2.24) is 4.90 Å². The van der Waals surface area contributed by atoms with Crippen LogP contribution in [-0.2, 0) is 0 Å². The topological polar surface area (TPSA) is 27.0 Å². The summed E-state index contributed by atoms with van der Waals surface area (Å²) >= 11 is 0. The van der Waals surface area contributed by atoms with Crippen molar-refractivity contribution in [1.29, 1.82) is 5.26 Å². The maximum atomic E-state index is 8.82. The molecule has 0 saturated carbocycles. The summed E-state index contributed by atoms with van der Waals surface area (Å²) in [6.45, 7) is 4.39. The molecule has 1 aromatic carbocycles. The zero-order chi connectivity index (χ0) is 10.3. The van der Waals surface area contributed by atoms with Gasteiger partial charge in [0.2, 0.25) is 0 Å². The Labute approximate surface area is 84.8 Å². The summed E-state index contributed by atoms with van der Waals surface area (Å²) in [4.78, 5) is 2.33. The highest BCUT2D eigenvalue weighted by molar-refractivity contribution is 5.43. The van der Waals surface area contributed by atoms with Crippen LogP contribution < -0.4 is 0 Å². The van der Waals surface area contributed by atoms with Crippen LogP contribution in [0.2, 0.25) is 0 Å². The van der Waals surface area contributed by atoms with Crippen molar-refractivity contribution in [3.8, 4) is 6.07 Å². The van der Waals surface area contributed by atoms with E-state index in [4.69, 9.17) is 5.26 Å². The summed E-state index contributed by atoms with van der Waals surface area (Å²) in [5, 5.41) is 8.82. The van der Waals surface area contributed by atoms with Crippen molar-refractivity contribution in [2.45, 2.75) is 25.9 Å². The van der Waals surface area contributed by atoms with E-state index in [1.54, 1.807) is 0 Å². The number of benzene rings is 1. The van der Waals surface area contributed by atoms with Gasteiger partial charge in [0, 0.05) is 12.1 Å². The third-order valence-electron chi connectivity index (χ3n) is 3.34. The smallest absolute Gasteiger partial charge is 0.0991 e. The molecule has 0 aliphatic carbocycles. The molecule has 2 heteroatoms. The van der Waals surface area contributed by atoms with E-state index in [1.165, 1.54) is 11.1 Å². The van der Waals surface area contributed by atoms with Crippen LogP contribution in [0.25, 0.3) is 0 Å². The van der Waals surface area contributed by atoms with Crippen molar-refractivity contribution in [3.63, 3.8) is 0 Å². The minimum Gasteiger partial charge on any atom is -0.293 e.